The summed E-state index contributed by atoms with van der Waals surface area (Å²) in [4.78, 5) is 0.775. The molecule has 2 rings (SSSR count). The van der Waals surface area contributed by atoms with Crippen LogP contribution in [-0.4, -0.2) is 42.9 Å². The molecule has 0 radical (unpaired) electrons. The first-order valence-electron chi connectivity index (χ1n) is 7.08. The van der Waals surface area contributed by atoms with Crippen LogP contribution in [0.1, 0.15) is 13.3 Å². The first kappa shape index (κ1) is 15.5. The first-order valence-corrected chi connectivity index (χ1v) is 8.40. The number of benzene rings is 1. The molecule has 0 spiro atoms. The molecule has 3 unspecified atom stereocenters. The van der Waals surface area contributed by atoms with E-state index < -0.39 is 10.8 Å². The highest BCUT2D eigenvalue weighted by Crippen LogP contribution is 2.24. The summed E-state index contributed by atoms with van der Waals surface area (Å²) in [6, 6.07) is 7.76. The van der Waals surface area contributed by atoms with Gasteiger partial charge in [0.05, 0.1) is 29.4 Å². The van der Waals surface area contributed by atoms with E-state index >= 15 is 0 Å². The average Bonchev–Trinajstić information content (AvgIpc) is 3.00. The van der Waals surface area contributed by atoms with Crippen LogP contribution in [0.4, 0.5) is 0 Å². The monoisotopic (exact) mass is 297 g/mol. The Kier molecular flexibility index (Phi) is 6.01. The molecule has 0 amide bonds. The van der Waals surface area contributed by atoms with Crippen LogP contribution in [0.2, 0.25) is 0 Å². The van der Waals surface area contributed by atoms with Crippen LogP contribution in [0.3, 0.4) is 0 Å². The molecule has 0 aliphatic carbocycles. The van der Waals surface area contributed by atoms with Gasteiger partial charge in [0.15, 0.2) is 0 Å². The molecule has 20 heavy (non-hydrogen) atoms. The van der Waals surface area contributed by atoms with Crippen LogP contribution in [0.5, 0.6) is 5.75 Å². The van der Waals surface area contributed by atoms with Crippen LogP contribution in [-0.2, 0) is 15.5 Å². The Hall–Kier alpha value is -0.910. The van der Waals surface area contributed by atoms with Crippen LogP contribution < -0.4 is 10.1 Å². The maximum atomic E-state index is 12.6. The molecule has 1 aliphatic heterocycles. The largest absolute Gasteiger partial charge is 0.495 e. The molecule has 1 N–H and O–H groups in total. The highest BCUT2D eigenvalue weighted by Gasteiger charge is 2.27. The maximum absolute atomic E-state index is 12.6. The number of hydrogen-bond acceptors (Lipinski definition) is 4. The average molecular weight is 297 g/mol. The van der Waals surface area contributed by atoms with Crippen molar-refractivity contribution in [1.29, 1.82) is 0 Å². The Morgan fingerprint density at radius 2 is 2.30 bits per heavy atom. The molecule has 0 bridgehead atoms. The topological polar surface area (TPSA) is 47.6 Å². The van der Waals surface area contributed by atoms with Gasteiger partial charge in [0.25, 0.3) is 0 Å². The van der Waals surface area contributed by atoms with Gasteiger partial charge in [-0.15, -0.1) is 0 Å². The summed E-state index contributed by atoms with van der Waals surface area (Å²) in [5.74, 6) is 1.75. The van der Waals surface area contributed by atoms with Gasteiger partial charge in [-0.05, 0) is 25.1 Å². The van der Waals surface area contributed by atoms with E-state index in [1.165, 1.54) is 0 Å². The quantitative estimate of drug-likeness (QED) is 0.834. The number of rotatable bonds is 7. The maximum Gasteiger partial charge on any atom is 0.134 e. The zero-order valence-corrected chi connectivity index (χ0v) is 12.9. The van der Waals surface area contributed by atoms with Crippen molar-refractivity contribution in [1.82, 2.24) is 5.32 Å². The van der Waals surface area contributed by atoms with Crippen molar-refractivity contribution in [3.8, 4) is 5.75 Å². The lowest BCUT2D eigenvalue weighted by atomic mass is 10.0. The lowest BCUT2D eigenvalue weighted by Crippen LogP contribution is -2.40. The van der Waals surface area contributed by atoms with Gasteiger partial charge < -0.3 is 14.8 Å². The minimum absolute atomic E-state index is 0.230. The zero-order valence-electron chi connectivity index (χ0n) is 12.1. The Balaban J connectivity index is 2.07. The number of nitrogens with one attached hydrogen (secondary N) is 1. The van der Waals surface area contributed by atoms with E-state index in [1.54, 1.807) is 7.11 Å². The summed E-state index contributed by atoms with van der Waals surface area (Å²) < 4.78 is 23.4. The second-order valence-corrected chi connectivity index (χ2v) is 6.42. The van der Waals surface area contributed by atoms with E-state index in [4.69, 9.17) is 9.47 Å². The molecular formula is C15H23NO3S. The Bertz CT molecular complexity index is 446. The molecule has 0 aromatic heterocycles. The van der Waals surface area contributed by atoms with Crippen molar-refractivity contribution in [3.05, 3.63) is 24.3 Å². The molecule has 4 nitrogen and oxygen atoms in total. The predicted octanol–water partition coefficient (Wildman–Crippen LogP) is 1.82. The second kappa shape index (κ2) is 7.76. The summed E-state index contributed by atoms with van der Waals surface area (Å²) in [6.07, 6.45) is 1.04. The molecule has 5 heteroatoms. The SMILES string of the molecule is CCNC(CS(=O)c1ccccc1OC)C1CCOC1. The molecule has 3 atom stereocenters. The van der Waals surface area contributed by atoms with Crippen molar-refractivity contribution in [2.45, 2.75) is 24.3 Å². The third kappa shape index (κ3) is 3.81. The zero-order chi connectivity index (χ0) is 14.4. The van der Waals surface area contributed by atoms with Gasteiger partial charge in [0.1, 0.15) is 5.75 Å². The predicted molar refractivity (Wildman–Crippen MR) is 80.7 cm³/mol. The highest BCUT2D eigenvalue weighted by atomic mass is 32.2. The molecule has 112 valence electrons. The van der Waals surface area contributed by atoms with Gasteiger partial charge in [0.2, 0.25) is 0 Å². The number of ether oxygens (including phenoxy) is 2. The third-order valence-electron chi connectivity index (χ3n) is 3.65. The highest BCUT2D eigenvalue weighted by molar-refractivity contribution is 7.85. The van der Waals surface area contributed by atoms with Crippen molar-refractivity contribution in [2.24, 2.45) is 5.92 Å². The standard InChI is InChI=1S/C15H23NO3S/c1-3-16-13(12-8-9-19-10-12)11-20(17)15-7-5-4-6-14(15)18-2/h4-7,12-13,16H,3,8-11H2,1-2H3. The fourth-order valence-corrected chi connectivity index (χ4v) is 4.06. The number of para-hydroxylation sites is 1. The van der Waals surface area contributed by atoms with Gasteiger partial charge in [-0.25, -0.2) is 0 Å². The van der Waals surface area contributed by atoms with Gasteiger partial charge in [-0.3, -0.25) is 4.21 Å². The summed E-state index contributed by atoms with van der Waals surface area (Å²) in [7, 11) is 0.548. The molecule has 1 fully saturated rings. The van der Waals surface area contributed by atoms with E-state index in [-0.39, 0.29) is 6.04 Å². The van der Waals surface area contributed by atoms with E-state index in [0.29, 0.717) is 17.4 Å². The molecule has 1 saturated heterocycles. The molecule has 1 aliphatic rings. The minimum atomic E-state index is -1.07. The van der Waals surface area contributed by atoms with E-state index in [9.17, 15) is 4.21 Å². The van der Waals surface area contributed by atoms with Crippen molar-refractivity contribution >= 4 is 10.8 Å². The van der Waals surface area contributed by atoms with Gasteiger partial charge in [-0.2, -0.15) is 0 Å². The Morgan fingerprint density at radius 3 is 2.95 bits per heavy atom. The molecule has 1 aromatic rings. The molecule has 1 heterocycles. The smallest absolute Gasteiger partial charge is 0.134 e. The second-order valence-electron chi connectivity index (χ2n) is 4.95. The van der Waals surface area contributed by atoms with E-state index in [2.05, 4.69) is 12.2 Å². The van der Waals surface area contributed by atoms with Gasteiger partial charge >= 0.3 is 0 Å². The van der Waals surface area contributed by atoms with E-state index in [1.807, 2.05) is 24.3 Å². The molecular weight excluding hydrogens is 274 g/mol. The summed E-state index contributed by atoms with van der Waals surface area (Å²) in [5.41, 5.74) is 0. The Morgan fingerprint density at radius 1 is 1.50 bits per heavy atom. The minimum Gasteiger partial charge on any atom is -0.495 e. The third-order valence-corrected chi connectivity index (χ3v) is 5.14. The molecule has 0 saturated carbocycles. The van der Waals surface area contributed by atoms with Crippen molar-refractivity contribution < 1.29 is 13.7 Å². The van der Waals surface area contributed by atoms with Crippen LogP contribution >= 0.6 is 0 Å². The van der Waals surface area contributed by atoms with Crippen LogP contribution in [0.25, 0.3) is 0 Å². The fourth-order valence-electron chi connectivity index (χ4n) is 2.55. The van der Waals surface area contributed by atoms with Gasteiger partial charge in [0, 0.05) is 24.3 Å². The fraction of sp³-hybridized carbons (Fsp3) is 0.600. The van der Waals surface area contributed by atoms with Gasteiger partial charge in [-0.1, -0.05) is 19.1 Å². The first-order chi connectivity index (χ1) is 9.76. The lowest BCUT2D eigenvalue weighted by Gasteiger charge is -2.23. The summed E-state index contributed by atoms with van der Waals surface area (Å²) >= 11 is 0. The lowest BCUT2D eigenvalue weighted by molar-refractivity contribution is 0.179. The van der Waals surface area contributed by atoms with Crippen LogP contribution in [0.15, 0.2) is 29.2 Å². The normalized spacial score (nSPS) is 21.6. The van der Waals surface area contributed by atoms with Crippen molar-refractivity contribution in [3.63, 3.8) is 0 Å². The summed E-state index contributed by atoms with van der Waals surface area (Å²) in [6.45, 7) is 4.54. The van der Waals surface area contributed by atoms with E-state index in [0.717, 1.165) is 31.1 Å². The Labute approximate surface area is 123 Å². The van der Waals surface area contributed by atoms with Crippen LogP contribution in [0, 0.1) is 5.92 Å². The van der Waals surface area contributed by atoms with Crippen molar-refractivity contribution in [2.75, 3.05) is 32.6 Å². The number of methoxy groups -OCH3 is 1. The number of hydrogen-bond donors (Lipinski definition) is 1. The molecule has 1 aromatic carbocycles. The summed E-state index contributed by atoms with van der Waals surface area (Å²) in [5, 5.41) is 3.45.